The highest BCUT2D eigenvalue weighted by molar-refractivity contribution is 6.50. The molecular formula is C14H23BO2. The molecular weight excluding hydrogens is 211 g/mol. The van der Waals surface area contributed by atoms with Gasteiger partial charge in [0.25, 0.3) is 0 Å². The topological polar surface area (TPSA) is 18.5 Å². The Balaban J connectivity index is 1.97. The largest absolute Gasteiger partial charge is 0.485 e. The van der Waals surface area contributed by atoms with Crippen molar-refractivity contribution in [2.45, 2.75) is 39.0 Å². The van der Waals surface area contributed by atoms with E-state index < -0.39 is 0 Å². The van der Waals surface area contributed by atoms with Crippen LogP contribution in [0.3, 0.4) is 0 Å². The normalized spacial score (nSPS) is 17.8. The lowest BCUT2D eigenvalue weighted by atomic mass is 9.88. The molecule has 1 aliphatic heterocycles. The minimum Gasteiger partial charge on any atom is -0.408 e. The molecule has 0 aliphatic carbocycles. The van der Waals surface area contributed by atoms with Crippen LogP contribution in [-0.2, 0) is 9.31 Å². The minimum absolute atomic E-state index is 0.105. The molecule has 3 heteroatoms. The van der Waals surface area contributed by atoms with Crippen molar-refractivity contribution < 1.29 is 9.31 Å². The standard InChI is InChI=1S/C14H23BO2/c1-2-3-4-5-6-7-8-9-10-12-15-16-13-11-14-17-15/h3-6,10,12H,2,7-9,11,13-14H2,1H3/b4-3-,6-5-,12-10+. The average Bonchev–Trinajstić information content (AvgIpc) is 2.38. The molecule has 0 spiro atoms. The molecule has 0 amide bonds. The molecule has 0 atom stereocenters. The van der Waals surface area contributed by atoms with E-state index in [0.29, 0.717) is 0 Å². The van der Waals surface area contributed by atoms with Crippen molar-refractivity contribution in [3.8, 4) is 0 Å². The van der Waals surface area contributed by atoms with Crippen molar-refractivity contribution in [1.29, 1.82) is 0 Å². The van der Waals surface area contributed by atoms with Gasteiger partial charge in [-0.3, -0.25) is 0 Å². The monoisotopic (exact) mass is 234 g/mol. The zero-order valence-corrected chi connectivity index (χ0v) is 10.8. The van der Waals surface area contributed by atoms with Crippen molar-refractivity contribution in [1.82, 2.24) is 0 Å². The van der Waals surface area contributed by atoms with E-state index in [1.165, 1.54) is 6.42 Å². The third-order valence-corrected chi connectivity index (χ3v) is 2.51. The average molecular weight is 234 g/mol. The molecule has 1 rings (SSSR count). The first kappa shape index (κ1) is 14.3. The molecule has 0 aromatic rings. The summed E-state index contributed by atoms with van der Waals surface area (Å²) in [4.78, 5) is 0. The van der Waals surface area contributed by atoms with E-state index in [0.717, 1.165) is 38.9 Å². The summed E-state index contributed by atoms with van der Waals surface area (Å²) in [5.41, 5.74) is 0. The molecule has 0 saturated carbocycles. The van der Waals surface area contributed by atoms with Gasteiger partial charge in [0.2, 0.25) is 0 Å². The zero-order chi connectivity index (χ0) is 12.2. The van der Waals surface area contributed by atoms with E-state index in [-0.39, 0.29) is 7.12 Å². The second-order valence-electron chi connectivity index (χ2n) is 4.09. The summed E-state index contributed by atoms with van der Waals surface area (Å²) in [6.07, 6.45) is 16.3. The highest BCUT2D eigenvalue weighted by Gasteiger charge is 2.17. The lowest BCUT2D eigenvalue weighted by molar-refractivity contribution is 0.142. The zero-order valence-electron chi connectivity index (χ0n) is 10.8. The van der Waals surface area contributed by atoms with E-state index in [2.05, 4.69) is 37.3 Å². The highest BCUT2D eigenvalue weighted by Crippen LogP contribution is 2.04. The van der Waals surface area contributed by atoms with Crippen LogP contribution in [0, 0.1) is 0 Å². The van der Waals surface area contributed by atoms with Gasteiger partial charge in [-0.15, -0.1) is 0 Å². The number of rotatable bonds is 7. The van der Waals surface area contributed by atoms with Crippen LogP contribution in [-0.4, -0.2) is 20.3 Å². The van der Waals surface area contributed by atoms with Crippen molar-refractivity contribution in [3.05, 3.63) is 36.4 Å². The Labute approximate surface area is 106 Å². The van der Waals surface area contributed by atoms with Crippen LogP contribution in [0.4, 0.5) is 0 Å². The molecule has 0 N–H and O–H groups in total. The lowest BCUT2D eigenvalue weighted by Crippen LogP contribution is -2.27. The smallest absolute Gasteiger partial charge is 0.408 e. The van der Waals surface area contributed by atoms with Crippen LogP contribution in [0.25, 0.3) is 0 Å². The first-order chi connectivity index (χ1) is 8.43. The molecule has 94 valence electrons. The van der Waals surface area contributed by atoms with Crippen LogP contribution in [0.2, 0.25) is 0 Å². The maximum atomic E-state index is 5.42. The molecule has 0 bridgehead atoms. The molecule has 1 saturated heterocycles. The quantitative estimate of drug-likeness (QED) is 0.380. The predicted octanol–water partition coefficient (Wildman–Crippen LogP) is 3.70. The summed E-state index contributed by atoms with van der Waals surface area (Å²) in [5, 5.41) is 0. The fourth-order valence-corrected chi connectivity index (χ4v) is 1.57. The number of hydrogen-bond donors (Lipinski definition) is 0. The van der Waals surface area contributed by atoms with Gasteiger partial charge in [-0.05, 0) is 32.1 Å². The molecule has 17 heavy (non-hydrogen) atoms. The summed E-state index contributed by atoms with van der Waals surface area (Å²) >= 11 is 0. The third kappa shape index (κ3) is 8.00. The third-order valence-electron chi connectivity index (χ3n) is 2.51. The molecule has 1 aliphatic rings. The number of hydrogen-bond acceptors (Lipinski definition) is 2. The van der Waals surface area contributed by atoms with Crippen molar-refractivity contribution in [3.63, 3.8) is 0 Å². The van der Waals surface area contributed by atoms with Crippen molar-refractivity contribution >= 4 is 7.12 Å². The van der Waals surface area contributed by atoms with Gasteiger partial charge >= 0.3 is 7.12 Å². The van der Waals surface area contributed by atoms with Gasteiger partial charge in [-0.2, -0.15) is 0 Å². The van der Waals surface area contributed by atoms with Crippen LogP contribution in [0.5, 0.6) is 0 Å². The van der Waals surface area contributed by atoms with Gasteiger partial charge in [0.05, 0.1) is 0 Å². The van der Waals surface area contributed by atoms with E-state index in [1.807, 2.05) is 5.98 Å². The Bertz CT molecular complexity index is 253. The second-order valence-corrected chi connectivity index (χ2v) is 4.09. The van der Waals surface area contributed by atoms with E-state index in [9.17, 15) is 0 Å². The van der Waals surface area contributed by atoms with Crippen LogP contribution in [0.1, 0.15) is 39.0 Å². The minimum atomic E-state index is -0.105. The fraction of sp³-hybridized carbons (Fsp3) is 0.571. The van der Waals surface area contributed by atoms with Gasteiger partial charge < -0.3 is 9.31 Å². The van der Waals surface area contributed by atoms with Crippen molar-refractivity contribution in [2.75, 3.05) is 13.2 Å². The summed E-state index contributed by atoms with van der Waals surface area (Å²) in [6.45, 7) is 3.79. The first-order valence-corrected chi connectivity index (χ1v) is 6.65. The highest BCUT2D eigenvalue weighted by atomic mass is 16.6. The Morgan fingerprint density at radius 1 is 1.00 bits per heavy atom. The van der Waals surface area contributed by atoms with Gasteiger partial charge in [0.15, 0.2) is 0 Å². The number of allylic oxidation sites excluding steroid dienone is 5. The summed E-state index contributed by atoms with van der Waals surface area (Å²) in [5.74, 6) is 2.03. The molecule has 1 heterocycles. The SMILES string of the molecule is CC/C=C\C=C/CCC/C=C/B1OCCCO1. The van der Waals surface area contributed by atoms with Gasteiger partial charge in [0, 0.05) is 13.2 Å². The van der Waals surface area contributed by atoms with Crippen molar-refractivity contribution in [2.24, 2.45) is 0 Å². The Hall–Kier alpha value is -0.795. The summed E-state index contributed by atoms with van der Waals surface area (Å²) in [7, 11) is -0.105. The van der Waals surface area contributed by atoms with Gasteiger partial charge in [0.1, 0.15) is 0 Å². The Kier molecular flexibility index (Phi) is 8.70. The molecule has 0 unspecified atom stereocenters. The molecule has 0 radical (unpaired) electrons. The first-order valence-electron chi connectivity index (χ1n) is 6.65. The van der Waals surface area contributed by atoms with Gasteiger partial charge in [-0.25, -0.2) is 0 Å². The lowest BCUT2D eigenvalue weighted by Gasteiger charge is -2.16. The summed E-state index contributed by atoms with van der Waals surface area (Å²) < 4.78 is 10.8. The molecule has 0 aromatic carbocycles. The molecule has 0 aromatic heterocycles. The predicted molar refractivity (Wildman–Crippen MR) is 73.8 cm³/mol. The van der Waals surface area contributed by atoms with E-state index >= 15 is 0 Å². The van der Waals surface area contributed by atoms with E-state index in [1.54, 1.807) is 0 Å². The van der Waals surface area contributed by atoms with Gasteiger partial charge in [-0.1, -0.05) is 43.3 Å². The Morgan fingerprint density at radius 3 is 2.47 bits per heavy atom. The maximum absolute atomic E-state index is 5.42. The maximum Gasteiger partial charge on any atom is 0.485 e. The van der Waals surface area contributed by atoms with Crippen LogP contribution in [0.15, 0.2) is 36.4 Å². The second kappa shape index (κ2) is 10.4. The number of unbranched alkanes of at least 4 members (excludes halogenated alkanes) is 2. The fourth-order valence-electron chi connectivity index (χ4n) is 1.57. The summed E-state index contributed by atoms with van der Waals surface area (Å²) in [6, 6.07) is 0. The molecule has 1 fully saturated rings. The molecule has 2 nitrogen and oxygen atoms in total. The van der Waals surface area contributed by atoms with Crippen LogP contribution >= 0.6 is 0 Å². The van der Waals surface area contributed by atoms with Crippen LogP contribution < -0.4 is 0 Å². The van der Waals surface area contributed by atoms with E-state index in [4.69, 9.17) is 9.31 Å². The Morgan fingerprint density at radius 2 is 1.71 bits per heavy atom.